The van der Waals surface area contributed by atoms with Crippen LogP contribution in [0.1, 0.15) is 11.1 Å². The van der Waals surface area contributed by atoms with E-state index in [-0.39, 0.29) is 6.42 Å². The van der Waals surface area contributed by atoms with Crippen LogP contribution in [0.4, 0.5) is 13.2 Å². The standard InChI is InChI=1S/C12H13F3O/c1-3-9-4-6-10(7-5-9)8-11(16-2)12(13,14)15/h3-7,11H,1,8H2,2H3. The lowest BCUT2D eigenvalue weighted by molar-refractivity contribution is -0.212. The molecule has 0 saturated carbocycles. The first-order valence-corrected chi connectivity index (χ1v) is 4.78. The summed E-state index contributed by atoms with van der Waals surface area (Å²) in [5, 5.41) is 0. The molecule has 0 N–H and O–H groups in total. The molecular formula is C12H13F3O. The molecule has 0 aliphatic heterocycles. The number of ether oxygens (including phenoxy) is 1. The van der Waals surface area contributed by atoms with Crippen molar-refractivity contribution in [3.8, 4) is 0 Å². The van der Waals surface area contributed by atoms with Crippen LogP contribution in [-0.2, 0) is 11.2 Å². The Morgan fingerprint density at radius 2 is 1.88 bits per heavy atom. The van der Waals surface area contributed by atoms with Crippen LogP contribution in [0.5, 0.6) is 0 Å². The van der Waals surface area contributed by atoms with Crippen molar-refractivity contribution in [2.24, 2.45) is 0 Å². The Morgan fingerprint density at radius 1 is 1.31 bits per heavy atom. The number of hydrogen-bond donors (Lipinski definition) is 0. The van der Waals surface area contributed by atoms with Gasteiger partial charge in [0.15, 0.2) is 6.10 Å². The second-order valence-electron chi connectivity index (χ2n) is 3.42. The topological polar surface area (TPSA) is 9.23 Å². The van der Waals surface area contributed by atoms with Crippen LogP contribution in [0.3, 0.4) is 0 Å². The molecule has 0 aromatic heterocycles. The SMILES string of the molecule is C=Cc1ccc(CC(OC)C(F)(F)F)cc1. The van der Waals surface area contributed by atoms with Gasteiger partial charge in [-0.2, -0.15) is 13.2 Å². The monoisotopic (exact) mass is 230 g/mol. The van der Waals surface area contributed by atoms with Crippen molar-refractivity contribution in [1.29, 1.82) is 0 Å². The molecule has 1 atom stereocenters. The van der Waals surface area contributed by atoms with Gasteiger partial charge in [-0.3, -0.25) is 0 Å². The van der Waals surface area contributed by atoms with Gasteiger partial charge in [0.25, 0.3) is 0 Å². The van der Waals surface area contributed by atoms with Gasteiger partial charge in [-0.15, -0.1) is 0 Å². The maximum Gasteiger partial charge on any atom is 0.414 e. The lowest BCUT2D eigenvalue weighted by Gasteiger charge is -2.18. The minimum absolute atomic E-state index is 0.169. The molecule has 0 radical (unpaired) electrons. The molecule has 0 heterocycles. The zero-order chi connectivity index (χ0) is 12.2. The average Bonchev–Trinajstić information content (AvgIpc) is 2.25. The summed E-state index contributed by atoms with van der Waals surface area (Å²) in [5.41, 5.74) is 1.47. The third kappa shape index (κ3) is 3.38. The molecule has 0 aliphatic rings. The Morgan fingerprint density at radius 3 is 2.25 bits per heavy atom. The zero-order valence-corrected chi connectivity index (χ0v) is 8.92. The summed E-state index contributed by atoms with van der Waals surface area (Å²) in [7, 11) is 1.07. The number of benzene rings is 1. The highest BCUT2D eigenvalue weighted by Gasteiger charge is 2.39. The molecule has 1 rings (SSSR count). The Balaban J connectivity index is 2.74. The first kappa shape index (κ1) is 12.8. The number of methoxy groups -OCH3 is 1. The van der Waals surface area contributed by atoms with Crippen LogP contribution >= 0.6 is 0 Å². The van der Waals surface area contributed by atoms with Crippen LogP contribution in [-0.4, -0.2) is 19.4 Å². The highest BCUT2D eigenvalue weighted by molar-refractivity contribution is 5.47. The van der Waals surface area contributed by atoms with E-state index in [1.807, 2.05) is 0 Å². The molecular weight excluding hydrogens is 217 g/mol. The quantitative estimate of drug-likeness (QED) is 0.769. The van der Waals surface area contributed by atoms with E-state index in [0.29, 0.717) is 5.56 Å². The Kier molecular flexibility index (Phi) is 4.12. The van der Waals surface area contributed by atoms with E-state index in [9.17, 15) is 13.2 Å². The molecule has 88 valence electrons. The normalized spacial score (nSPS) is 13.5. The van der Waals surface area contributed by atoms with Gasteiger partial charge in [0.2, 0.25) is 0 Å². The predicted octanol–water partition coefficient (Wildman–Crippen LogP) is 3.45. The van der Waals surface area contributed by atoms with Crippen molar-refractivity contribution in [2.75, 3.05) is 7.11 Å². The van der Waals surface area contributed by atoms with Crippen LogP contribution in [0.2, 0.25) is 0 Å². The lowest BCUT2D eigenvalue weighted by atomic mass is 10.1. The van der Waals surface area contributed by atoms with E-state index in [1.54, 1.807) is 30.3 Å². The van der Waals surface area contributed by atoms with Gasteiger partial charge in [-0.05, 0) is 11.1 Å². The van der Waals surface area contributed by atoms with E-state index in [2.05, 4.69) is 11.3 Å². The first-order chi connectivity index (χ1) is 7.47. The third-order valence-electron chi connectivity index (χ3n) is 2.29. The van der Waals surface area contributed by atoms with E-state index >= 15 is 0 Å². The minimum atomic E-state index is -4.33. The fourth-order valence-corrected chi connectivity index (χ4v) is 1.34. The number of alkyl halides is 3. The summed E-state index contributed by atoms with van der Waals surface area (Å²) in [6.07, 6.45) is -4.60. The summed E-state index contributed by atoms with van der Waals surface area (Å²) in [6, 6.07) is 6.75. The van der Waals surface area contributed by atoms with E-state index in [4.69, 9.17) is 0 Å². The molecule has 1 aromatic rings. The van der Waals surface area contributed by atoms with Gasteiger partial charge in [-0.25, -0.2) is 0 Å². The van der Waals surface area contributed by atoms with E-state index in [1.165, 1.54) is 0 Å². The molecule has 1 aromatic carbocycles. The van der Waals surface area contributed by atoms with Crippen molar-refractivity contribution < 1.29 is 17.9 Å². The lowest BCUT2D eigenvalue weighted by Crippen LogP contribution is -2.32. The molecule has 1 unspecified atom stereocenters. The Labute approximate surface area is 92.5 Å². The second kappa shape index (κ2) is 5.16. The maximum atomic E-state index is 12.4. The largest absolute Gasteiger partial charge is 0.414 e. The summed E-state index contributed by atoms with van der Waals surface area (Å²) < 4.78 is 41.7. The molecule has 0 amide bonds. The fourth-order valence-electron chi connectivity index (χ4n) is 1.34. The molecule has 0 saturated heterocycles. The molecule has 0 fully saturated rings. The summed E-state index contributed by atoms with van der Waals surface area (Å²) in [6.45, 7) is 3.57. The molecule has 1 nitrogen and oxygen atoms in total. The Bertz CT molecular complexity index is 340. The Hall–Kier alpha value is -1.29. The minimum Gasteiger partial charge on any atom is -0.372 e. The molecule has 16 heavy (non-hydrogen) atoms. The summed E-state index contributed by atoms with van der Waals surface area (Å²) in [5.74, 6) is 0. The predicted molar refractivity (Wildman–Crippen MR) is 57.1 cm³/mol. The van der Waals surface area contributed by atoms with Crippen LogP contribution in [0.25, 0.3) is 6.08 Å². The average molecular weight is 230 g/mol. The first-order valence-electron chi connectivity index (χ1n) is 4.78. The van der Waals surface area contributed by atoms with Crippen molar-refractivity contribution in [3.63, 3.8) is 0 Å². The number of rotatable bonds is 4. The van der Waals surface area contributed by atoms with Gasteiger partial charge in [-0.1, -0.05) is 36.9 Å². The summed E-state index contributed by atoms with van der Waals surface area (Å²) >= 11 is 0. The van der Waals surface area contributed by atoms with E-state index < -0.39 is 12.3 Å². The van der Waals surface area contributed by atoms with Crippen LogP contribution in [0, 0.1) is 0 Å². The van der Waals surface area contributed by atoms with Gasteiger partial charge in [0, 0.05) is 13.5 Å². The number of hydrogen-bond acceptors (Lipinski definition) is 1. The van der Waals surface area contributed by atoms with Gasteiger partial charge in [0.1, 0.15) is 0 Å². The third-order valence-corrected chi connectivity index (χ3v) is 2.29. The van der Waals surface area contributed by atoms with Crippen molar-refractivity contribution in [1.82, 2.24) is 0 Å². The zero-order valence-electron chi connectivity index (χ0n) is 8.92. The summed E-state index contributed by atoms with van der Waals surface area (Å²) in [4.78, 5) is 0. The molecule has 4 heteroatoms. The second-order valence-corrected chi connectivity index (χ2v) is 3.42. The van der Waals surface area contributed by atoms with Crippen LogP contribution in [0.15, 0.2) is 30.8 Å². The number of halogens is 3. The smallest absolute Gasteiger partial charge is 0.372 e. The van der Waals surface area contributed by atoms with Crippen molar-refractivity contribution >= 4 is 6.08 Å². The van der Waals surface area contributed by atoms with Crippen molar-refractivity contribution in [3.05, 3.63) is 42.0 Å². The highest BCUT2D eigenvalue weighted by Crippen LogP contribution is 2.25. The van der Waals surface area contributed by atoms with Gasteiger partial charge in [0.05, 0.1) is 0 Å². The fraction of sp³-hybridized carbons (Fsp3) is 0.333. The van der Waals surface area contributed by atoms with Gasteiger partial charge >= 0.3 is 6.18 Å². The van der Waals surface area contributed by atoms with Crippen LogP contribution < -0.4 is 0 Å². The molecule has 0 spiro atoms. The van der Waals surface area contributed by atoms with E-state index in [0.717, 1.165) is 12.7 Å². The van der Waals surface area contributed by atoms with Crippen molar-refractivity contribution in [2.45, 2.75) is 18.7 Å². The molecule has 0 bridgehead atoms. The highest BCUT2D eigenvalue weighted by atomic mass is 19.4. The van der Waals surface area contributed by atoms with Gasteiger partial charge < -0.3 is 4.74 Å². The maximum absolute atomic E-state index is 12.4. The molecule has 0 aliphatic carbocycles.